The summed E-state index contributed by atoms with van der Waals surface area (Å²) in [6.45, 7) is 0.693. The number of benzene rings is 2. The number of nitrogens with one attached hydrogen (secondary N) is 1. The first-order valence-electron chi connectivity index (χ1n) is 9.34. The zero-order chi connectivity index (χ0) is 20.1. The standard InChI is InChI=1S/C23H20N4O2/c28-22-16-21(18-6-2-1-3-7-18)25-17-27(22)15-12-24-23(29)19-8-10-20(11-9-19)26-13-4-5-14-26/h1-11,13-14,16-17H,12,15H2,(H,24,29). The Bertz CT molecular complexity index is 1150. The zero-order valence-electron chi connectivity index (χ0n) is 15.7. The van der Waals surface area contributed by atoms with Gasteiger partial charge < -0.3 is 9.88 Å². The molecule has 0 aliphatic heterocycles. The molecule has 0 aliphatic carbocycles. The van der Waals surface area contributed by atoms with E-state index in [-0.39, 0.29) is 11.5 Å². The highest BCUT2D eigenvalue weighted by Gasteiger charge is 2.07. The number of amides is 1. The third kappa shape index (κ3) is 4.32. The van der Waals surface area contributed by atoms with E-state index in [1.54, 1.807) is 12.1 Å². The molecule has 2 aromatic heterocycles. The fourth-order valence-corrected chi connectivity index (χ4v) is 3.04. The minimum absolute atomic E-state index is 0.149. The van der Waals surface area contributed by atoms with E-state index in [1.807, 2.05) is 71.6 Å². The van der Waals surface area contributed by atoms with Crippen LogP contribution in [0.5, 0.6) is 0 Å². The Hall–Kier alpha value is -3.93. The normalized spacial score (nSPS) is 10.6. The summed E-state index contributed by atoms with van der Waals surface area (Å²) in [5.41, 5.74) is 2.95. The van der Waals surface area contributed by atoms with Crippen molar-refractivity contribution in [3.8, 4) is 16.9 Å². The SMILES string of the molecule is O=C(NCCn1cnc(-c2ccccc2)cc1=O)c1ccc(-n2cccc2)cc1. The van der Waals surface area contributed by atoms with Gasteiger partial charge in [-0.2, -0.15) is 0 Å². The molecule has 0 aliphatic rings. The highest BCUT2D eigenvalue weighted by Crippen LogP contribution is 2.13. The predicted molar refractivity (Wildman–Crippen MR) is 112 cm³/mol. The van der Waals surface area contributed by atoms with Gasteiger partial charge in [-0.3, -0.25) is 14.2 Å². The van der Waals surface area contributed by atoms with Crippen molar-refractivity contribution in [3.05, 3.63) is 107 Å². The number of carbonyl (C=O) groups is 1. The minimum atomic E-state index is -0.175. The molecule has 0 radical (unpaired) electrons. The monoisotopic (exact) mass is 384 g/mol. The summed E-state index contributed by atoms with van der Waals surface area (Å²) < 4.78 is 3.46. The number of nitrogens with zero attached hydrogens (tertiary/aromatic N) is 3. The van der Waals surface area contributed by atoms with Crippen molar-refractivity contribution in [2.24, 2.45) is 0 Å². The van der Waals surface area contributed by atoms with Gasteiger partial charge in [0.15, 0.2) is 0 Å². The molecule has 0 saturated carbocycles. The summed E-state index contributed by atoms with van der Waals surface area (Å²) in [6, 6.07) is 22.3. The fourth-order valence-electron chi connectivity index (χ4n) is 3.04. The highest BCUT2D eigenvalue weighted by atomic mass is 16.1. The van der Waals surface area contributed by atoms with Gasteiger partial charge in [-0.1, -0.05) is 30.3 Å². The Morgan fingerprint density at radius 2 is 1.66 bits per heavy atom. The summed E-state index contributed by atoms with van der Waals surface area (Å²) in [5, 5.41) is 2.84. The highest BCUT2D eigenvalue weighted by molar-refractivity contribution is 5.94. The maximum atomic E-state index is 12.3. The number of hydrogen-bond donors (Lipinski definition) is 1. The lowest BCUT2D eigenvalue weighted by Gasteiger charge is -2.09. The Kier molecular flexibility index (Phi) is 5.33. The molecule has 0 unspecified atom stereocenters. The molecule has 0 bridgehead atoms. The Morgan fingerprint density at radius 1 is 0.931 bits per heavy atom. The van der Waals surface area contributed by atoms with Gasteiger partial charge in [-0.05, 0) is 36.4 Å². The van der Waals surface area contributed by atoms with Gasteiger partial charge in [0.2, 0.25) is 0 Å². The van der Waals surface area contributed by atoms with Crippen LogP contribution in [0, 0.1) is 0 Å². The Morgan fingerprint density at radius 3 is 2.34 bits per heavy atom. The third-order valence-corrected chi connectivity index (χ3v) is 4.62. The lowest BCUT2D eigenvalue weighted by atomic mass is 10.1. The van der Waals surface area contributed by atoms with Crippen LogP contribution in [0.1, 0.15) is 10.4 Å². The van der Waals surface area contributed by atoms with Crippen molar-refractivity contribution in [3.63, 3.8) is 0 Å². The summed E-state index contributed by atoms with van der Waals surface area (Å²) in [5.74, 6) is -0.175. The van der Waals surface area contributed by atoms with Crippen LogP contribution in [0.25, 0.3) is 16.9 Å². The average Bonchev–Trinajstić information content (AvgIpc) is 3.30. The number of carbonyl (C=O) groups excluding carboxylic acids is 1. The summed E-state index contributed by atoms with van der Waals surface area (Å²) in [6.07, 6.45) is 5.41. The molecule has 0 fully saturated rings. The van der Waals surface area contributed by atoms with Crippen LogP contribution in [-0.2, 0) is 6.54 Å². The molecule has 4 aromatic rings. The van der Waals surface area contributed by atoms with Gasteiger partial charge in [0.05, 0.1) is 12.0 Å². The van der Waals surface area contributed by atoms with Crippen LogP contribution in [-0.4, -0.2) is 26.6 Å². The van der Waals surface area contributed by atoms with Crippen LogP contribution >= 0.6 is 0 Å². The Labute approximate surface area is 168 Å². The number of aromatic nitrogens is 3. The van der Waals surface area contributed by atoms with E-state index in [4.69, 9.17) is 0 Å². The van der Waals surface area contributed by atoms with E-state index in [0.29, 0.717) is 24.3 Å². The molecule has 29 heavy (non-hydrogen) atoms. The second kappa shape index (κ2) is 8.39. The number of rotatable bonds is 6. The van der Waals surface area contributed by atoms with Crippen molar-refractivity contribution >= 4 is 5.91 Å². The Balaban J connectivity index is 1.35. The molecular formula is C23H20N4O2. The maximum Gasteiger partial charge on any atom is 0.253 e. The van der Waals surface area contributed by atoms with Crippen LogP contribution < -0.4 is 10.9 Å². The average molecular weight is 384 g/mol. The van der Waals surface area contributed by atoms with E-state index < -0.39 is 0 Å². The molecule has 2 heterocycles. The van der Waals surface area contributed by atoms with Gasteiger partial charge >= 0.3 is 0 Å². The minimum Gasteiger partial charge on any atom is -0.350 e. The smallest absolute Gasteiger partial charge is 0.253 e. The molecule has 0 atom stereocenters. The molecule has 144 valence electrons. The predicted octanol–water partition coefficient (Wildman–Crippen LogP) is 3.13. The van der Waals surface area contributed by atoms with Crippen molar-refractivity contribution in [2.75, 3.05) is 6.54 Å². The molecule has 0 saturated heterocycles. The molecule has 2 aromatic carbocycles. The first-order valence-corrected chi connectivity index (χ1v) is 9.34. The largest absolute Gasteiger partial charge is 0.350 e. The van der Waals surface area contributed by atoms with E-state index in [2.05, 4.69) is 10.3 Å². The van der Waals surface area contributed by atoms with Crippen LogP contribution in [0.15, 0.2) is 96.3 Å². The van der Waals surface area contributed by atoms with Crippen molar-refractivity contribution < 1.29 is 4.79 Å². The zero-order valence-corrected chi connectivity index (χ0v) is 15.7. The summed E-state index contributed by atoms with van der Waals surface area (Å²) >= 11 is 0. The van der Waals surface area contributed by atoms with Crippen LogP contribution in [0.2, 0.25) is 0 Å². The van der Waals surface area contributed by atoms with E-state index in [0.717, 1.165) is 11.3 Å². The lowest BCUT2D eigenvalue weighted by Crippen LogP contribution is -2.30. The third-order valence-electron chi connectivity index (χ3n) is 4.62. The first-order chi connectivity index (χ1) is 14.2. The van der Waals surface area contributed by atoms with Gasteiger partial charge in [-0.15, -0.1) is 0 Å². The van der Waals surface area contributed by atoms with Crippen LogP contribution in [0.4, 0.5) is 0 Å². The van der Waals surface area contributed by atoms with Crippen LogP contribution in [0.3, 0.4) is 0 Å². The maximum absolute atomic E-state index is 12.3. The first kappa shape index (κ1) is 18.4. The molecule has 4 rings (SSSR count). The van der Waals surface area contributed by atoms with Gasteiger partial charge in [0, 0.05) is 48.4 Å². The molecule has 1 amide bonds. The molecule has 0 spiro atoms. The van der Waals surface area contributed by atoms with Crippen molar-refractivity contribution in [1.29, 1.82) is 0 Å². The van der Waals surface area contributed by atoms with Crippen molar-refractivity contribution in [1.82, 2.24) is 19.4 Å². The van der Waals surface area contributed by atoms with E-state index in [9.17, 15) is 9.59 Å². The molecular weight excluding hydrogens is 364 g/mol. The van der Waals surface area contributed by atoms with Gasteiger partial charge in [0.25, 0.3) is 11.5 Å². The second-order valence-electron chi connectivity index (χ2n) is 6.56. The molecule has 6 heteroatoms. The molecule has 6 nitrogen and oxygen atoms in total. The summed E-state index contributed by atoms with van der Waals surface area (Å²) in [4.78, 5) is 29.0. The summed E-state index contributed by atoms with van der Waals surface area (Å²) in [7, 11) is 0. The van der Waals surface area contributed by atoms with E-state index in [1.165, 1.54) is 17.0 Å². The van der Waals surface area contributed by atoms with Gasteiger partial charge in [-0.25, -0.2) is 4.98 Å². The molecule has 1 N–H and O–H groups in total. The second-order valence-corrected chi connectivity index (χ2v) is 6.56. The fraction of sp³-hybridized carbons (Fsp3) is 0.0870. The quantitative estimate of drug-likeness (QED) is 0.555. The topological polar surface area (TPSA) is 68.9 Å². The lowest BCUT2D eigenvalue weighted by molar-refractivity contribution is 0.0952. The number of hydrogen-bond acceptors (Lipinski definition) is 3. The van der Waals surface area contributed by atoms with Crippen molar-refractivity contribution in [2.45, 2.75) is 6.54 Å². The van der Waals surface area contributed by atoms with Gasteiger partial charge in [0.1, 0.15) is 0 Å². The van der Waals surface area contributed by atoms with E-state index >= 15 is 0 Å².